The molecule has 1 aliphatic rings. The highest BCUT2D eigenvalue weighted by Gasteiger charge is 2.34. The number of benzene rings is 2. The fraction of sp³-hybridized carbons (Fsp3) is 0.462. The molecule has 212 valence electrons. The van der Waals surface area contributed by atoms with Gasteiger partial charge in [0.1, 0.15) is 10.7 Å². The van der Waals surface area contributed by atoms with Gasteiger partial charge in [-0.3, -0.25) is 0 Å². The molecule has 0 spiro atoms. The van der Waals surface area contributed by atoms with E-state index < -0.39 is 27.0 Å². The summed E-state index contributed by atoms with van der Waals surface area (Å²) in [5, 5.41) is 7.69. The minimum absolute atomic E-state index is 0.0808. The van der Waals surface area contributed by atoms with Crippen molar-refractivity contribution in [3.63, 3.8) is 0 Å². The Morgan fingerprint density at radius 2 is 1.69 bits per heavy atom. The monoisotopic (exact) mass is 629 g/mol. The van der Waals surface area contributed by atoms with E-state index in [0.717, 1.165) is 54.5 Å². The maximum atomic E-state index is 12.8. The van der Waals surface area contributed by atoms with Crippen LogP contribution in [0.15, 0.2) is 51.8 Å². The van der Waals surface area contributed by atoms with Gasteiger partial charge in [-0.25, -0.2) is 18.1 Å². The first kappa shape index (κ1) is 29.3. The molecule has 1 aromatic heterocycles. The lowest BCUT2D eigenvalue weighted by molar-refractivity contribution is -0.275. The number of rotatable bonds is 10. The van der Waals surface area contributed by atoms with Crippen molar-refractivity contribution in [1.82, 2.24) is 14.7 Å². The fourth-order valence-electron chi connectivity index (χ4n) is 4.63. The largest absolute Gasteiger partial charge is 0.573 e. The summed E-state index contributed by atoms with van der Waals surface area (Å²) < 4.78 is 70.7. The molecule has 39 heavy (non-hydrogen) atoms. The first-order valence-electron chi connectivity index (χ1n) is 12.7. The summed E-state index contributed by atoms with van der Waals surface area (Å²) in [5.74, 6) is 1.01. The van der Waals surface area contributed by atoms with Gasteiger partial charge in [-0.2, -0.15) is 4.98 Å². The average Bonchev–Trinajstić information content (AvgIpc) is 2.85. The Kier molecular flexibility index (Phi) is 9.22. The second kappa shape index (κ2) is 12.3. The molecule has 0 unspecified atom stereocenters. The van der Waals surface area contributed by atoms with Crippen molar-refractivity contribution in [1.29, 1.82) is 0 Å². The molecule has 13 heteroatoms. The third-order valence-corrected chi connectivity index (χ3v) is 8.48. The van der Waals surface area contributed by atoms with E-state index in [1.165, 1.54) is 6.07 Å². The fourth-order valence-corrected chi connectivity index (χ4v) is 6.19. The average molecular weight is 631 g/mol. The molecule has 1 aliphatic carbocycles. The van der Waals surface area contributed by atoms with E-state index >= 15 is 0 Å². The Bertz CT molecular complexity index is 1400. The molecule has 8 nitrogen and oxygen atoms in total. The Hall–Kier alpha value is -2.64. The normalized spacial score (nSPS) is 18.3. The zero-order chi connectivity index (χ0) is 28.2. The maximum absolute atomic E-state index is 12.8. The highest BCUT2D eigenvalue weighted by molar-refractivity contribution is 9.10. The van der Waals surface area contributed by atoms with Crippen LogP contribution in [0.3, 0.4) is 0 Å². The number of halogens is 4. The first-order valence-corrected chi connectivity index (χ1v) is 15.0. The van der Waals surface area contributed by atoms with E-state index in [-0.39, 0.29) is 23.0 Å². The van der Waals surface area contributed by atoms with Crippen molar-refractivity contribution < 1.29 is 26.3 Å². The summed E-state index contributed by atoms with van der Waals surface area (Å²) in [7, 11) is -4.20. The van der Waals surface area contributed by atoms with E-state index in [4.69, 9.17) is 0 Å². The summed E-state index contributed by atoms with van der Waals surface area (Å²) in [5.41, 5.74) is 0.851. The highest BCUT2D eigenvalue weighted by atomic mass is 79.9. The molecule has 1 saturated carbocycles. The standard InChI is InChI=1S/C26H31BrF3N5O3S/c1-16(2)33-24-20-5-3-4-6-21(20)34-25(35-24)31-14-17-7-9-18(10-8-17)15-32-39(36,37)23-12-11-19(27)13-22(23)38-26(28,29)30/h3-6,11-13,16-18,32H,7-10,14-15H2,1-2H3,(H2,31,33,34,35). The number of alkyl halides is 3. The topological polar surface area (TPSA) is 105 Å². The van der Waals surface area contributed by atoms with Crippen LogP contribution in [-0.4, -0.2) is 43.9 Å². The molecule has 1 heterocycles. The van der Waals surface area contributed by atoms with Gasteiger partial charge in [0.25, 0.3) is 0 Å². The highest BCUT2D eigenvalue weighted by Crippen LogP contribution is 2.33. The van der Waals surface area contributed by atoms with Crippen LogP contribution in [0.25, 0.3) is 10.9 Å². The third kappa shape index (κ3) is 8.18. The summed E-state index contributed by atoms with van der Waals surface area (Å²) in [6.07, 6.45) is -1.67. The number of fused-ring (bicyclic) bond motifs is 1. The molecule has 0 saturated heterocycles. The molecule has 0 radical (unpaired) electrons. The number of nitrogens with zero attached hydrogens (tertiary/aromatic N) is 2. The van der Waals surface area contributed by atoms with Crippen molar-refractivity contribution in [3.05, 3.63) is 46.9 Å². The molecule has 2 aromatic carbocycles. The van der Waals surface area contributed by atoms with Crippen LogP contribution in [-0.2, 0) is 10.0 Å². The minimum atomic E-state index is -5.01. The lowest BCUT2D eigenvalue weighted by Crippen LogP contribution is -2.33. The number of ether oxygens (including phenoxy) is 1. The third-order valence-electron chi connectivity index (χ3n) is 6.53. The summed E-state index contributed by atoms with van der Waals surface area (Å²) >= 11 is 3.05. The van der Waals surface area contributed by atoms with Gasteiger partial charge in [-0.05, 0) is 81.7 Å². The number of anilines is 2. The predicted octanol–water partition coefficient (Wildman–Crippen LogP) is 6.31. The van der Waals surface area contributed by atoms with E-state index in [1.807, 2.05) is 24.3 Å². The van der Waals surface area contributed by atoms with E-state index in [0.29, 0.717) is 18.4 Å². The van der Waals surface area contributed by atoms with Gasteiger partial charge in [-0.15, -0.1) is 13.2 Å². The van der Waals surface area contributed by atoms with Gasteiger partial charge < -0.3 is 15.4 Å². The number of hydrogen-bond donors (Lipinski definition) is 3. The minimum Gasteiger partial charge on any atom is -0.404 e. The van der Waals surface area contributed by atoms with Gasteiger partial charge in [-0.1, -0.05) is 28.1 Å². The lowest BCUT2D eigenvalue weighted by Gasteiger charge is -2.29. The SMILES string of the molecule is CC(C)Nc1nc(NCC2CCC(CNS(=O)(=O)c3ccc(Br)cc3OC(F)(F)F)CC2)nc2ccccc12. The van der Waals surface area contributed by atoms with Gasteiger partial charge in [0.15, 0.2) is 5.75 Å². The molecule has 0 atom stereocenters. The Labute approximate surface area is 234 Å². The number of sulfonamides is 1. The second-order valence-electron chi connectivity index (χ2n) is 9.97. The van der Waals surface area contributed by atoms with E-state index in [2.05, 4.69) is 59.8 Å². The summed E-state index contributed by atoms with van der Waals surface area (Å²) in [6.45, 7) is 4.93. The zero-order valence-electron chi connectivity index (χ0n) is 21.6. The second-order valence-corrected chi connectivity index (χ2v) is 12.6. The van der Waals surface area contributed by atoms with Crippen molar-refractivity contribution >= 4 is 48.6 Å². The Balaban J connectivity index is 1.31. The van der Waals surface area contributed by atoms with Crippen molar-refractivity contribution in [2.75, 3.05) is 23.7 Å². The molecular formula is C26H31BrF3N5O3S. The van der Waals surface area contributed by atoms with Crippen molar-refractivity contribution in [2.45, 2.75) is 56.8 Å². The van der Waals surface area contributed by atoms with E-state index in [9.17, 15) is 21.6 Å². The Morgan fingerprint density at radius 3 is 2.36 bits per heavy atom. The number of nitrogens with one attached hydrogen (secondary N) is 3. The molecule has 1 fully saturated rings. The lowest BCUT2D eigenvalue weighted by atomic mass is 9.82. The number of para-hydroxylation sites is 1. The van der Waals surface area contributed by atoms with Crippen LogP contribution < -0.4 is 20.1 Å². The molecule has 0 bridgehead atoms. The quantitative estimate of drug-likeness (QED) is 0.241. The van der Waals surface area contributed by atoms with Crippen LogP contribution >= 0.6 is 15.9 Å². The van der Waals surface area contributed by atoms with Crippen LogP contribution in [0.2, 0.25) is 0 Å². The van der Waals surface area contributed by atoms with Crippen molar-refractivity contribution in [2.24, 2.45) is 11.8 Å². The van der Waals surface area contributed by atoms with Crippen LogP contribution in [0.4, 0.5) is 24.9 Å². The van der Waals surface area contributed by atoms with Gasteiger partial charge in [0.05, 0.1) is 5.52 Å². The van der Waals surface area contributed by atoms with Gasteiger partial charge in [0, 0.05) is 29.0 Å². The van der Waals surface area contributed by atoms with Crippen LogP contribution in [0, 0.1) is 11.8 Å². The predicted molar refractivity (Wildman–Crippen MR) is 148 cm³/mol. The zero-order valence-corrected chi connectivity index (χ0v) is 24.0. The summed E-state index contributed by atoms with van der Waals surface area (Å²) in [4.78, 5) is 8.75. The van der Waals surface area contributed by atoms with E-state index in [1.54, 1.807) is 0 Å². The Morgan fingerprint density at radius 1 is 1.03 bits per heavy atom. The van der Waals surface area contributed by atoms with Crippen LogP contribution in [0.5, 0.6) is 5.75 Å². The van der Waals surface area contributed by atoms with Crippen LogP contribution in [0.1, 0.15) is 39.5 Å². The smallest absolute Gasteiger partial charge is 0.404 e. The molecule has 3 N–H and O–H groups in total. The van der Waals surface area contributed by atoms with Crippen molar-refractivity contribution in [3.8, 4) is 5.75 Å². The molecule has 4 rings (SSSR count). The number of hydrogen-bond acceptors (Lipinski definition) is 7. The maximum Gasteiger partial charge on any atom is 0.573 e. The van der Waals surface area contributed by atoms with Gasteiger partial charge >= 0.3 is 6.36 Å². The molecule has 0 aliphatic heterocycles. The molecule has 0 amide bonds. The molecule has 3 aromatic rings. The molecular weight excluding hydrogens is 599 g/mol. The summed E-state index contributed by atoms with van der Waals surface area (Å²) in [6, 6.07) is 11.5. The van der Waals surface area contributed by atoms with Gasteiger partial charge in [0.2, 0.25) is 16.0 Å². The first-order chi connectivity index (χ1) is 18.4. The number of aromatic nitrogens is 2.